The second-order valence-corrected chi connectivity index (χ2v) is 5.97. The maximum absolute atomic E-state index is 12.2. The predicted octanol–water partition coefficient (Wildman–Crippen LogP) is 1.60. The first-order chi connectivity index (χ1) is 10.2. The van der Waals surface area contributed by atoms with Crippen molar-refractivity contribution in [1.29, 1.82) is 0 Å². The van der Waals surface area contributed by atoms with Crippen LogP contribution in [0.4, 0.5) is 0 Å². The second kappa shape index (κ2) is 6.30. The number of piperidine rings is 1. The molecule has 1 saturated heterocycles. The van der Waals surface area contributed by atoms with Crippen molar-refractivity contribution in [2.45, 2.75) is 30.9 Å². The summed E-state index contributed by atoms with van der Waals surface area (Å²) in [6.07, 6.45) is 3.71. The minimum atomic E-state index is 0.124. The lowest BCUT2D eigenvalue weighted by Gasteiger charge is -2.31. The zero-order valence-corrected chi connectivity index (χ0v) is 12.6. The van der Waals surface area contributed by atoms with E-state index in [1.807, 2.05) is 11.0 Å². The number of aromatic nitrogens is 4. The number of hydrogen-bond acceptors (Lipinski definition) is 6. The van der Waals surface area contributed by atoms with Crippen molar-refractivity contribution >= 4 is 17.7 Å². The molecule has 1 aliphatic rings. The normalized spacial score (nSPS) is 16.3. The molecule has 1 amide bonds. The fourth-order valence-electron chi connectivity index (χ4n) is 2.49. The van der Waals surface area contributed by atoms with Gasteiger partial charge in [-0.15, -0.1) is 10.2 Å². The van der Waals surface area contributed by atoms with Gasteiger partial charge in [0.25, 0.3) is 5.22 Å². The quantitative estimate of drug-likeness (QED) is 0.863. The maximum atomic E-state index is 12.2. The number of H-pyrrole nitrogens is 1. The summed E-state index contributed by atoms with van der Waals surface area (Å²) < 4.78 is 5.25. The van der Waals surface area contributed by atoms with Gasteiger partial charge in [-0.05, 0) is 18.9 Å². The van der Waals surface area contributed by atoms with Gasteiger partial charge in [0, 0.05) is 37.8 Å². The zero-order valence-electron chi connectivity index (χ0n) is 11.8. The van der Waals surface area contributed by atoms with Crippen LogP contribution in [0.5, 0.6) is 0 Å². The summed E-state index contributed by atoms with van der Waals surface area (Å²) in [6, 6.07) is 2.01. The highest BCUT2D eigenvalue weighted by atomic mass is 32.2. The van der Waals surface area contributed by atoms with E-state index in [9.17, 15) is 4.79 Å². The largest absolute Gasteiger partial charge is 0.416 e. The third kappa shape index (κ3) is 3.44. The third-order valence-electron chi connectivity index (χ3n) is 3.64. The van der Waals surface area contributed by atoms with Gasteiger partial charge in [-0.2, -0.15) is 5.10 Å². The van der Waals surface area contributed by atoms with Gasteiger partial charge in [-0.3, -0.25) is 9.89 Å². The molecule has 0 radical (unpaired) electrons. The van der Waals surface area contributed by atoms with Crippen LogP contribution in [0, 0.1) is 6.92 Å². The maximum Gasteiger partial charge on any atom is 0.277 e. The molecule has 0 unspecified atom stereocenters. The van der Waals surface area contributed by atoms with Gasteiger partial charge >= 0.3 is 0 Å². The smallest absolute Gasteiger partial charge is 0.277 e. The van der Waals surface area contributed by atoms with E-state index in [4.69, 9.17) is 4.42 Å². The summed E-state index contributed by atoms with van der Waals surface area (Å²) in [5.74, 6) is 1.46. The first kappa shape index (κ1) is 14.1. The minimum Gasteiger partial charge on any atom is -0.416 e. The van der Waals surface area contributed by atoms with Crippen LogP contribution in [0.3, 0.4) is 0 Å². The van der Waals surface area contributed by atoms with Crippen LogP contribution in [0.15, 0.2) is 21.9 Å². The lowest BCUT2D eigenvalue weighted by molar-refractivity contribution is -0.129. The van der Waals surface area contributed by atoms with Gasteiger partial charge in [0.05, 0.1) is 5.75 Å². The number of amides is 1. The Labute approximate surface area is 126 Å². The van der Waals surface area contributed by atoms with Crippen molar-refractivity contribution in [3.8, 4) is 0 Å². The monoisotopic (exact) mass is 307 g/mol. The molecule has 0 atom stereocenters. The zero-order chi connectivity index (χ0) is 14.7. The van der Waals surface area contributed by atoms with Gasteiger partial charge in [0.15, 0.2) is 0 Å². The molecule has 21 heavy (non-hydrogen) atoms. The number of likely N-dealkylation sites (tertiary alicyclic amines) is 1. The fourth-order valence-corrected chi connectivity index (χ4v) is 3.19. The van der Waals surface area contributed by atoms with Crippen LogP contribution in [-0.2, 0) is 4.79 Å². The van der Waals surface area contributed by atoms with Gasteiger partial charge in [-0.1, -0.05) is 11.8 Å². The van der Waals surface area contributed by atoms with Crippen LogP contribution in [-0.4, -0.2) is 50.0 Å². The highest BCUT2D eigenvalue weighted by Gasteiger charge is 2.24. The second-order valence-electron chi connectivity index (χ2n) is 5.04. The fraction of sp³-hybridized carbons (Fsp3) is 0.538. The number of rotatable bonds is 4. The van der Waals surface area contributed by atoms with Crippen molar-refractivity contribution in [3.63, 3.8) is 0 Å². The molecule has 3 rings (SSSR count). The molecule has 0 bridgehead atoms. The molecule has 1 aliphatic heterocycles. The summed E-state index contributed by atoms with van der Waals surface area (Å²) >= 11 is 1.29. The van der Waals surface area contributed by atoms with E-state index in [-0.39, 0.29) is 5.91 Å². The number of aromatic amines is 1. The van der Waals surface area contributed by atoms with E-state index < -0.39 is 0 Å². The Morgan fingerprint density at radius 2 is 2.29 bits per heavy atom. The molecule has 0 aliphatic carbocycles. The number of aryl methyl sites for hydroxylation is 1. The highest BCUT2D eigenvalue weighted by Crippen LogP contribution is 2.27. The first-order valence-corrected chi connectivity index (χ1v) is 7.91. The molecule has 0 aromatic carbocycles. The molecule has 112 valence electrons. The third-order valence-corrected chi connectivity index (χ3v) is 4.44. The van der Waals surface area contributed by atoms with Crippen molar-refractivity contribution in [3.05, 3.63) is 23.8 Å². The summed E-state index contributed by atoms with van der Waals surface area (Å²) in [7, 11) is 0. The van der Waals surface area contributed by atoms with Crippen molar-refractivity contribution < 1.29 is 9.21 Å². The Morgan fingerprint density at radius 3 is 2.90 bits per heavy atom. The summed E-state index contributed by atoms with van der Waals surface area (Å²) in [5, 5.41) is 15.1. The van der Waals surface area contributed by atoms with Crippen LogP contribution < -0.4 is 0 Å². The molecule has 0 spiro atoms. The van der Waals surface area contributed by atoms with Gasteiger partial charge in [-0.25, -0.2) is 0 Å². The Morgan fingerprint density at radius 1 is 1.48 bits per heavy atom. The van der Waals surface area contributed by atoms with Crippen LogP contribution in [0.2, 0.25) is 0 Å². The summed E-state index contributed by atoms with van der Waals surface area (Å²) in [4.78, 5) is 14.1. The molecule has 1 fully saturated rings. The number of hydrogen-bond donors (Lipinski definition) is 1. The number of carbonyl (C=O) groups excluding carboxylic acids is 1. The van der Waals surface area contributed by atoms with E-state index in [2.05, 4.69) is 20.4 Å². The Bertz CT molecular complexity index is 589. The van der Waals surface area contributed by atoms with Gasteiger partial charge in [0.2, 0.25) is 11.8 Å². The van der Waals surface area contributed by atoms with Crippen molar-refractivity contribution in [2.75, 3.05) is 18.8 Å². The number of carbonyl (C=O) groups is 1. The Kier molecular flexibility index (Phi) is 4.23. The Balaban J connectivity index is 1.46. The number of nitrogens with zero attached hydrogens (tertiary/aromatic N) is 4. The van der Waals surface area contributed by atoms with E-state index in [1.54, 1.807) is 13.1 Å². The Hall–Kier alpha value is -1.83. The van der Waals surface area contributed by atoms with Crippen LogP contribution >= 0.6 is 11.8 Å². The van der Waals surface area contributed by atoms with E-state index in [0.717, 1.165) is 31.6 Å². The molecule has 8 heteroatoms. The molecule has 2 aromatic rings. The van der Waals surface area contributed by atoms with Crippen molar-refractivity contribution in [1.82, 2.24) is 25.3 Å². The minimum absolute atomic E-state index is 0.124. The number of nitrogens with one attached hydrogen (secondary N) is 1. The lowest BCUT2D eigenvalue weighted by Crippen LogP contribution is -2.39. The predicted molar refractivity (Wildman–Crippen MR) is 76.9 cm³/mol. The number of thioether (sulfide) groups is 1. The molecular weight excluding hydrogens is 290 g/mol. The average Bonchev–Trinajstić information content (AvgIpc) is 3.16. The molecule has 2 aromatic heterocycles. The molecule has 7 nitrogen and oxygen atoms in total. The summed E-state index contributed by atoms with van der Waals surface area (Å²) in [6.45, 7) is 3.30. The highest BCUT2D eigenvalue weighted by molar-refractivity contribution is 7.99. The van der Waals surface area contributed by atoms with Gasteiger partial charge < -0.3 is 9.32 Å². The summed E-state index contributed by atoms with van der Waals surface area (Å²) in [5.41, 5.74) is 1.16. The average molecular weight is 307 g/mol. The molecule has 1 N–H and O–H groups in total. The van der Waals surface area contributed by atoms with Gasteiger partial charge in [0.1, 0.15) is 0 Å². The van der Waals surface area contributed by atoms with Crippen LogP contribution in [0.25, 0.3) is 0 Å². The molecule has 0 saturated carbocycles. The van der Waals surface area contributed by atoms with E-state index >= 15 is 0 Å². The van der Waals surface area contributed by atoms with Crippen molar-refractivity contribution in [2.24, 2.45) is 0 Å². The van der Waals surface area contributed by atoms with E-state index in [0.29, 0.717) is 22.8 Å². The molecular formula is C13H17N5O2S. The molecule has 3 heterocycles. The lowest BCUT2D eigenvalue weighted by atomic mass is 9.94. The topological polar surface area (TPSA) is 87.9 Å². The van der Waals surface area contributed by atoms with Crippen LogP contribution in [0.1, 0.15) is 30.3 Å². The SMILES string of the molecule is Cc1nnc(SCC(=O)N2CCC(c3ccn[nH]3)CC2)o1. The van der Waals surface area contributed by atoms with E-state index in [1.165, 1.54) is 11.8 Å². The first-order valence-electron chi connectivity index (χ1n) is 6.92. The standard InChI is InChI=1S/C13H17N5O2S/c1-9-15-17-13(20-9)21-8-12(19)18-6-3-10(4-7-18)11-2-5-14-16-11/h2,5,10H,3-4,6-8H2,1H3,(H,14,16).